The average molecular weight is 930 g/mol. The van der Waals surface area contributed by atoms with Gasteiger partial charge in [0.1, 0.15) is 24.2 Å². The number of hydrogen-bond donors (Lipinski definition) is 9. The average Bonchev–Trinajstić information content (AvgIpc) is 3.99. The van der Waals surface area contributed by atoms with Crippen LogP contribution in [-0.2, 0) is 49.6 Å². The van der Waals surface area contributed by atoms with Gasteiger partial charge in [0.25, 0.3) is 5.91 Å². The highest BCUT2D eigenvalue weighted by Crippen LogP contribution is 2.22. The van der Waals surface area contributed by atoms with Crippen molar-refractivity contribution in [2.75, 3.05) is 37.6 Å². The van der Waals surface area contributed by atoms with Gasteiger partial charge in [0, 0.05) is 66.7 Å². The lowest BCUT2D eigenvalue weighted by Gasteiger charge is -2.36. The highest BCUT2D eigenvalue weighted by molar-refractivity contribution is 7.10. The number of aromatic nitrogens is 1. The Hall–Kier alpha value is -7.29. The monoisotopic (exact) mass is 929 g/mol. The summed E-state index contributed by atoms with van der Waals surface area (Å²) in [4.78, 5) is 126. The molecule has 352 valence electrons. The van der Waals surface area contributed by atoms with Crippen LogP contribution in [0.15, 0.2) is 78.3 Å². The van der Waals surface area contributed by atoms with Gasteiger partial charge in [-0.15, -0.1) is 11.3 Å². The summed E-state index contributed by atoms with van der Waals surface area (Å²) in [5.41, 5.74) is 2.44. The number of fused-ring (bicyclic) bond motifs is 1. The van der Waals surface area contributed by atoms with E-state index in [0.29, 0.717) is 36.6 Å². The van der Waals surface area contributed by atoms with Crippen LogP contribution in [0.5, 0.6) is 0 Å². The number of nitrogens with one attached hydrogen (secondary N) is 7. The Morgan fingerprint density at radius 3 is 2.02 bits per heavy atom. The number of carbonyl (C=O) groups excluding carboxylic acids is 7. The molecule has 5 atom stereocenters. The predicted molar refractivity (Wildman–Crippen MR) is 243 cm³/mol. The standard InChI is InChI=1S/C42H49N9O9S.C3H6O2/c1-24(2)19-29-38(55)46-30(20-25-22-43-28-12-7-6-11-27(25)28)37(54)44-23-33(52)45-31(21-34(53)51-16-14-50(15-17-51)26-9-4-3-5-10-26)39(56)49-36(42(59)60)41(58)48-35(40(57)47-29)32-13-8-18-61-32;1-2-3(4)5/h3-13,18,22,24,29-31,35-36,43H,14-17,19-21,23H2,1-2H3,(H,44,54)(H,45,52)(H,46,55)(H,47,57)(H,48,58)(H,49,56)(H,59,60);2H2,1H3,(H,4,5)/t29-,30?,31?,35?,36+;/m0./s1. The number of carboxylic acids is 2. The van der Waals surface area contributed by atoms with Gasteiger partial charge in [-0.1, -0.05) is 63.2 Å². The number of amides is 7. The van der Waals surface area contributed by atoms with Crippen LogP contribution in [0.2, 0.25) is 0 Å². The van der Waals surface area contributed by atoms with Crippen LogP contribution >= 0.6 is 11.3 Å². The molecule has 3 unspecified atom stereocenters. The van der Waals surface area contributed by atoms with Gasteiger partial charge in [0.2, 0.25) is 41.5 Å². The van der Waals surface area contributed by atoms with Crippen LogP contribution < -0.4 is 36.8 Å². The van der Waals surface area contributed by atoms with Crippen molar-refractivity contribution < 1.29 is 53.4 Å². The fourth-order valence-electron chi connectivity index (χ4n) is 7.29. The number of carboxylic acid groups (broad SMARTS) is 2. The van der Waals surface area contributed by atoms with E-state index in [0.717, 1.165) is 27.9 Å². The number of carbonyl (C=O) groups is 9. The molecule has 2 aliphatic rings. The molecule has 2 aliphatic heterocycles. The zero-order valence-corrected chi connectivity index (χ0v) is 37.5. The normalized spacial score (nSPS) is 21.4. The summed E-state index contributed by atoms with van der Waals surface area (Å²) < 4.78 is 0. The Balaban J connectivity index is 0.00000155. The topological polar surface area (TPSA) is 289 Å². The Morgan fingerprint density at radius 1 is 0.727 bits per heavy atom. The fourth-order valence-corrected chi connectivity index (χ4v) is 8.06. The molecule has 6 rings (SSSR count). The number of para-hydroxylation sites is 2. The van der Waals surface area contributed by atoms with Crippen molar-refractivity contribution in [3.8, 4) is 0 Å². The Bertz CT molecular complexity index is 2370. The summed E-state index contributed by atoms with van der Waals surface area (Å²) in [6.07, 6.45) is 1.41. The number of piperazine rings is 1. The summed E-state index contributed by atoms with van der Waals surface area (Å²) in [5.74, 6) is -8.88. The second kappa shape index (κ2) is 23.6. The number of aromatic amines is 1. The second-order valence-corrected chi connectivity index (χ2v) is 17.0. The maximum Gasteiger partial charge on any atom is 0.336 e. The molecule has 4 heterocycles. The van der Waals surface area contributed by atoms with Crippen LogP contribution in [0.3, 0.4) is 0 Å². The lowest BCUT2D eigenvalue weighted by atomic mass is 10.00. The van der Waals surface area contributed by atoms with E-state index in [-0.39, 0.29) is 25.2 Å². The largest absolute Gasteiger partial charge is 0.481 e. The van der Waals surface area contributed by atoms with Crippen LogP contribution in [0, 0.1) is 5.92 Å². The van der Waals surface area contributed by atoms with E-state index >= 15 is 0 Å². The van der Waals surface area contributed by atoms with Gasteiger partial charge < -0.3 is 56.9 Å². The summed E-state index contributed by atoms with van der Waals surface area (Å²) in [7, 11) is 0. The zero-order valence-electron chi connectivity index (χ0n) is 36.7. The van der Waals surface area contributed by atoms with Crippen LogP contribution in [-0.4, -0.2) is 130 Å². The first-order valence-electron chi connectivity index (χ1n) is 21.4. The van der Waals surface area contributed by atoms with Crippen LogP contribution in [0.25, 0.3) is 10.9 Å². The third kappa shape index (κ3) is 13.9. The molecule has 2 saturated heterocycles. The van der Waals surface area contributed by atoms with Gasteiger partial charge in [0.15, 0.2) is 0 Å². The second-order valence-electron chi connectivity index (χ2n) is 16.0. The van der Waals surface area contributed by atoms with Crippen molar-refractivity contribution in [3.05, 3.63) is 88.7 Å². The lowest BCUT2D eigenvalue weighted by molar-refractivity contribution is -0.148. The number of benzene rings is 2. The minimum atomic E-state index is -2.27. The molecule has 21 heteroatoms. The summed E-state index contributed by atoms with van der Waals surface area (Å²) in [6.45, 7) is 6.10. The molecular weight excluding hydrogens is 875 g/mol. The highest BCUT2D eigenvalue weighted by Gasteiger charge is 2.38. The van der Waals surface area contributed by atoms with Gasteiger partial charge in [-0.2, -0.15) is 0 Å². The molecule has 2 aromatic heterocycles. The maximum absolute atomic E-state index is 14.1. The molecule has 0 saturated carbocycles. The third-order valence-corrected chi connectivity index (χ3v) is 11.7. The van der Waals surface area contributed by atoms with E-state index in [1.165, 1.54) is 11.0 Å². The van der Waals surface area contributed by atoms with Gasteiger partial charge in [-0.25, -0.2) is 4.79 Å². The molecule has 0 radical (unpaired) electrons. The van der Waals surface area contributed by atoms with E-state index in [1.807, 2.05) is 68.4 Å². The maximum atomic E-state index is 14.1. The Morgan fingerprint density at radius 2 is 1.38 bits per heavy atom. The number of aliphatic carboxylic acids is 2. The number of rotatable bonds is 10. The third-order valence-electron chi connectivity index (χ3n) is 10.8. The minimum absolute atomic E-state index is 0.0208. The van der Waals surface area contributed by atoms with Crippen LogP contribution in [0.1, 0.15) is 56.5 Å². The van der Waals surface area contributed by atoms with Crippen molar-refractivity contribution in [3.63, 3.8) is 0 Å². The fraction of sp³-hybridized carbons (Fsp3) is 0.400. The van der Waals surface area contributed by atoms with Gasteiger partial charge in [0.05, 0.1) is 13.0 Å². The number of thiophene rings is 1. The van der Waals surface area contributed by atoms with Gasteiger partial charge in [-0.05, 0) is 47.5 Å². The van der Waals surface area contributed by atoms with Crippen molar-refractivity contribution in [2.24, 2.45) is 5.92 Å². The molecule has 0 spiro atoms. The summed E-state index contributed by atoms with van der Waals surface area (Å²) in [5, 5.41) is 35.2. The molecule has 4 aromatic rings. The van der Waals surface area contributed by atoms with Crippen molar-refractivity contribution in [1.82, 2.24) is 41.8 Å². The van der Waals surface area contributed by atoms with Crippen LogP contribution in [0.4, 0.5) is 5.69 Å². The molecule has 2 fully saturated rings. The Labute approximate surface area is 384 Å². The smallest absolute Gasteiger partial charge is 0.336 e. The summed E-state index contributed by atoms with van der Waals surface area (Å²) in [6, 6.07) is 12.2. The van der Waals surface area contributed by atoms with E-state index in [4.69, 9.17) is 5.11 Å². The van der Waals surface area contributed by atoms with Crippen molar-refractivity contribution >= 4 is 81.2 Å². The Kier molecular flexibility index (Phi) is 17.8. The van der Waals surface area contributed by atoms with E-state index < -0.39 is 96.5 Å². The van der Waals surface area contributed by atoms with E-state index in [1.54, 1.807) is 24.6 Å². The number of nitrogens with zero attached hydrogens (tertiary/aromatic N) is 2. The van der Waals surface area contributed by atoms with Gasteiger partial charge >= 0.3 is 11.9 Å². The molecule has 2 aromatic carbocycles. The molecule has 9 N–H and O–H groups in total. The lowest BCUT2D eigenvalue weighted by Crippen LogP contribution is -2.60. The summed E-state index contributed by atoms with van der Waals surface area (Å²) >= 11 is 1.08. The quantitative estimate of drug-likeness (QED) is 0.101. The van der Waals surface area contributed by atoms with E-state index in [2.05, 4.69) is 41.8 Å². The molecule has 66 heavy (non-hydrogen) atoms. The van der Waals surface area contributed by atoms with E-state index in [9.17, 15) is 48.3 Å². The number of hydrogen-bond acceptors (Lipinski definition) is 11. The molecule has 0 bridgehead atoms. The van der Waals surface area contributed by atoms with Crippen molar-refractivity contribution in [2.45, 2.75) is 76.7 Å². The highest BCUT2D eigenvalue weighted by atomic mass is 32.1. The first kappa shape index (κ1) is 49.7. The first-order chi connectivity index (χ1) is 31.5. The zero-order chi connectivity index (χ0) is 47.9. The van der Waals surface area contributed by atoms with Crippen molar-refractivity contribution in [1.29, 1.82) is 0 Å². The molecule has 7 amide bonds. The predicted octanol–water partition coefficient (Wildman–Crippen LogP) is 1.05. The minimum Gasteiger partial charge on any atom is -0.481 e. The SMILES string of the molecule is CC(C)C[C@@H]1NC(=O)C(c2cccs2)NC(=O)[C@H](C(=O)O)NC(=O)C(CC(=O)N2CCN(c3ccccc3)CC2)NC(=O)CNC(=O)C(Cc2c[nH]c3ccccc23)NC1=O.CCC(=O)O. The van der Waals surface area contributed by atoms with Gasteiger partial charge in [-0.3, -0.25) is 38.4 Å². The molecule has 0 aliphatic carbocycles. The first-order valence-corrected chi connectivity index (χ1v) is 22.3. The molecular formula is C45H55N9O11S. The number of anilines is 1. The number of H-pyrrole nitrogens is 1. The molecule has 20 nitrogen and oxygen atoms in total.